The van der Waals surface area contributed by atoms with E-state index < -0.39 is 49.8 Å². The Morgan fingerprint density at radius 2 is 1.71 bits per heavy atom. The maximum absolute atomic E-state index is 13.6. The first-order chi connectivity index (χ1) is 9.70. The Morgan fingerprint density at radius 1 is 1.14 bits per heavy atom. The van der Waals surface area contributed by atoms with Crippen molar-refractivity contribution in [3.8, 4) is 0 Å². The molecule has 0 aromatic heterocycles. The molecule has 7 heteroatoms. The maximum Gasteiger partial charge on any atom is 0.171 e. The number of halogens is 3. The van der Waals surface area contributed by atoms with Crippen LogP contribution in [0.25, 0.3) is 0 Å². The summed E-state index contributed by atoms with van der Waals surface area (Å²) >= 11 is 0. The van der Waals surface area contributed by atoms with Crippen molar-refractivity contribution in [2.45, 2.75) is 30.9 Å². The van der Waals surface area contributed by atoms with Gasteiger partial charge < -0.3 is 0 Å². The Morgan fingerprint density at radius 3 is 2.24 bits per heavy atom. The van der Waals surface area contributed by atoms with Gasteiger partial charge in [0.2, 0.25) is 0 Å². The molecule has 1 aromatic rings. The maximum atomic E-state index is 13.6. The average Bonchev–Trinajstić information content (AvgIpc) is 2.36. The average molecular weight is 320 g/mol. The third-order valence-electron chi connectivity index (χ3n) is 3.86. The molecule has 1 saturated carbocycles. The summed E-state index contributed by atoms with van der Waals surface area (Å²) in [5, 5.41) is -0.674. The van der Waals surface area contributed by atoms with E-state index in [4.69, 9.17) is 0 Å². The number of hydrogen-bond acceptors (Lipinski definition) is 3. The van der Waals surface area contributed by atoms with Gasteiger partial charge in [0.15, 0.2) is 5.78 Å². The van der Waals surface area contributed by atoms with Crippen LogP contribution >= 0.6 is 0 Å². The summed E-state index contributed by atoms with van der Waals surface area (Å²) < 4.78 is 63.2. The van der Waals surface area contributed by atoms with E-state index in [1.807, 2.05) is 0 Å². The Hall–Kier alpha value is -1.37. The van der Waals surface area contributed by atoms with Crippen molar-refractivity contribution in [2.24, 2.45) is 5.92 Å². The van der Waals surface area contributed by atoms with E-state index in [2.05, 4.69) is 0 Å². The molecular weight excluding hydrogens is 305 g/mol. The zero-order valence-electron chi connectivity index (χ0n) is 11.4. The van der Waals surface area contributed by atoms with Gasteiger partial charge in [-0.15, -0.1) is 0 Å². The van der Waals surface area contributed by atoms with E-state index in [0.717, 1.165) is 6.26 Å². The molecular formula is C14H15F3O3S. The summed E-state index contributed by atoms with van der Waals surface area (Å²) in [6.45, 7) is 0. The van der Waals surface area contributed by atoms with Gasteiger partial charge in [0, 0.05) is 24.3 Å². The minimum atomic E-state index is -3.30. The second-order valence-corrected chi connectivity index (χ2v) is 7.75. The summed E-state index contributed by atoms with van der Waals surface area (Å²) in [5.41, 5.74) is -0.782. The van der Waals surface area contributed by atoms with Crippen LogP contribution in [0.15, 0.2) is 12.1 Å². The molecule has 1 aliphatic carbocycles. The zero-order chi connectivity index (χ0) is 15.8. The van der Waals surface area contributed by atoms with Gasteiger partial charge in [0.25, 0.3) is 0 Å². The minimum Gasteiger partial charge on any atom is -0.294 e. The summed E-state index contributed by atoms with van der Waals surface area (Å²) in [6.07, 6.45) is 2.45. The van der Waals surface area contributed by atoms with Gasteiger partial charge in [-0.05, 0) is 19.3 Å². The highest BCUT2D eigenvalue weighted by Gasteiger charge is 2.34. The SMILES string of the molecule is CS(=O)(=O)C1CCCC(C(=O)c2c(F)cc(F)cc2F)C1. The lowest BCUT2D eigenvalue weighted by Gasteiger charge is -2.27. The third kappa shape index (κ3) is 3.45. The van der Waals surface area contributed by atoms with Crippen LogP contribution < -0.4 is 0 Å². The molecule has 21 heavy (non-hydrogen) atoms. The van der Waals surface area contributed by atoms with Crippen LogP contribution in [0.2, 0.25) is 0 Å². The Labute approximate surface area is 121 Å². The van der Waals surface area contributed by atoms with Crippen LogP contribution in [0.3, 0.4) is 0 Å². The van der Waals surface area contributed by atoms with Gasteiger partial charge >= 0.3 is 0 Å². The number of hydrogen-bond donors (Lipinski definition) is 0. The second kappa shape index (κ2) is 5.79. The Kier molecular flexibility index (Phi) is 4.41. The van der Waals surface area contributed by atoms with E-state index >= 15 is 0 Å². The minimum absolute atomic E-state index is 0.0495. The number of rotatable bonds is 3. The predicted octanol–water partition coefficient (Wildman–Crippen LogP) is 2.89. The first-order valence-corrected chi connectivity index (χ1v) is 8.53. The second-order valence-electron chi connectivity index (χ2n) is 5.42. The van der Waals surface area contributed by atoms with Gasteiger partial charge in [-0.1, -0.05) is 6.42 Å². The number of sulfone groups is 1. The van der Waals surface area contributed by atoms with E-state index in [-0.39, 0.29) is 6.42 Å². The summed E-state index contributed by atoms with van der Waals surface area (Å²) in [4.78, 5) is 12.2. The molecule has 0 amide bonds. The Bertz CT molecular complexity index is 647. The fourth-order valence-electron chi connectivity index (χ4n) is 2.75. The van der Waals surface area contributed by atoms with E-state index in [1.54, 1.807) is 0 Å². The molecule has 0 aliphatic heterocycles. The first-order valence-electron chi connectivity index (χ1n) is 6.57. The van der Waals surface area contributed by atoms with Crippen molar-refractivity contribution >= 4 is 15.6 Å². The molecule has 1 aromatic carbocycles. The number of carbonyl (C=O) groups excluding carboxylic acids is 1. The van der Waals surface area contributed by atoms with Crippen LogP contribution in [0.1, 0.15) is 36.0 Å². The van der Waals surface area contributed by atoms with Crippen molar-refractivity contribution in [1.82, 2.24) is 0 Å². The van der Waals surface area contributed by atoms with Crippen LogP contribution in [0.4, 0.5) is 13.2 Å². The van der Waals surface area contributed by atoms with E-state index in [9.17, 15) is 26.4 Å². The highest BCUT2D eigenvalue weighted by molar-refractivity contribution is 7.91. The monoisotopic (exact) mass is 320 g/mol. The molecule has 116 valence electrons. The van der Waals surface area contributed by atoms with Gasteiger partial charge in [-0.25, -0.2) is 21.6 Å². The van der Waals surface area contributed by atoms with Crippen LogP contribution in [0.5, 0.6) is 0 Å². The molecule has 2 rings (SSSR count). The van der Waals surface area contributed by atoms with Crippen molar-refractivity contribution in [3.63, 3.8) is 0 Å². The topological polar surface area (TPSA) is 51.2 Å². The van der Waals surface area contributed by atoms with Crippen LogP contribution in [-0.4, -0.2) is 25.7 Å². The molecule has 0 N–H and O–H groups in total. The molecule has 2 atom stereocenters. The number of carbonyl (C=O) groups is 1. The van der Waals surface area contributed by atoms with Gasteiger partial charge in [0.1, 0.15) is 27.3 Å². The summed E-state index contributed by atoms with van der Waals surface area (Å²) in [7, 11) is -3.30. The van der Waals surface area contributed by atoms with Crippen molar-refractivity contribution in [3.05, 3.63) is 35.1 Å². The lowest BCUT2D eigenvalue weighted by molar-refractivity contribution is 0.0882. The summed E-state index contributed by atoms with van der Waals surface area (Å²) in [6, 6.07) is 0.903. The molecule has 2 unspecified atom stereocenters. The zero-order valence-corrected chi connectivity index (χ0v) is 12.2. The molecule has 0 spiro atoms. The fraction of sp³-hybridized carbons (Fsp3) is 0.500. The van der Waals surface area contributed by atoms with E-state index in [0.29, 0.717) is 31.4 Å². The predicted molar refractivity (Wildman–Crippen MR) is 71.2 cm³/mol. The van der Waals surface area contributed by atoms with Crippen molar-refractivity contribution in [1.29, 1.82) is 0 Å². The van der Waals surface area contributed by atoms with Gasteiger partial charge in [-0.2, -0.15) is 0 Å². The van der Waals surface area contributed by atoms with Crippen LogP contribution in [-0.2, 0) is 9.84 Å². The van der Waals surface area contributed by atoms with Gasteiger partial charge in [-0.3, -0.25) is 4.79 Å². The first kappa shape index (κ1) is 16.0. The van der Waals surface area contributed by atoms with E-state index in [1.165, 1.54) is 0 Å². The summed E-state index contributed by atoms with van der Waals surface area (Å²) in [5.74, 6) is -5.15. The molecule has 0 heterocycles. The molecule has 1 fully saturated rings. The molecule has 1 aliphatic rings. The van der Waals surface area contributed by atoms with Crippen LogP contribution in [0, 0.1) is 23.4 Å². The lowest BCUT2D eigenvalue weighted by Crippen LogP contribution is -2.31. The smallest absolute Gasteiger partial charge is 0.171 e. The highest BCUT2D eigenvalue weighted by Crippen LogP contribution is 2.32. The molecule has 3 nitrogen and oxygen atoms in total. The lowest BCUT2D eigenvalue weighted by atomic mass is 9.83. The number of ketones is 1. The fourth-order valence-corrected chi connectivity index (χ4v) is 3.93. The van der Waals surface area contributed by atoms with Gasteiger partial charge in [0.05, 0.1) is 10.8 Å². The molecule has 0 bridgehead atoms. The normalized spacial score (nSPS) is 23.0. The van der Waals surface area contributed by atoms with Crippen molar-refractivity contribution in [2.75, 3.05) is 6.26 Å². The van der Waals surface area contributed by atoms with Crippen molar-refractivity contribution < 1.29 is 26.4 Å². The Balaban J connectivity index is 2.28. The largest absolute Gasteiger partial charge is 0.294 e. The quantitative estimate of drug-likeness (QED) is 0.805. The standard InChI is InChI=1S/C14H15F3O3S/c1-21(19,20)10-4-2-3-8(5-10)14(18)13-11(16)6-9(15)7-12(13)17/h6-8,10H,2-5H2,1H3. The highest BCUT2D eigenvalue weighted by atomic mass is 32.2. The molecule has 0 saturated heterocycles. The third-order valence-corrected chi connectivity index (χ3v) is 5.49. The molecule has 0 radical (unpaired) electrons. The number of benzene rings is 1. The number of Topliss-reactive ketones (excluding diaryl/α,β-unsaturated/α-hetero) is 1.